The summed E-state index contributed by atoms with van der Waals surface area (Å²) in [4.78, 5) is 27.1. The van der Waals surface area contributed by atoms with Crippen LogP contribution in [0.3, 0.4) is 0 Å². The van der Waals surface area contributed by atoms with Gasteiger partial charge in [-0.1, -0.05) is 131 Å². The number of nitrogens with zero attached hydrogens (tertiary/aromatic N) is 1. The van der Waals surface area contributed by atoms with Crippen molar-refractivity contribution in [3.8, 4) is 0 Å². The van der Waals surface area contributed by atoms with Crippen molar-refractivity contribution in [2.45, 2.75) is 189 Å². The standard InChI is InChI=1S/C38H75NO4/c1-6-11-28-35(9-4)37(40)42-33-26-22-18-14-16-20-24-31-39(30-13-8-3)32-25-21-17-15-19-23-27-34-43-38(41)36(10-5)29-12-7-2/h35-36H,6-34H2,1-5H3. The van der Waals surface area contributed by atoms with Crippen LogP contribution in [0.5, 0.6) is 0 Å². The fourth-order valence-corrected chi connectivity index (χ4v) is 5.82. The smallest absolute Gasteiger partial charge is 0.308 e. The quantitative estimate of drug-likeness (QED) is 0.0547. The molecule has 0 aliphatic rings. The number of hydrogen-bond donors (Lipinski definition) is 0. The van der Waals surface area contributed by atoms with Crippen molar-refractivity contribution in [1.82, 2.24) is 4.90 Å². The largest absolute Gasteiger partial charge is 0.465 e. The van der Waals surface area contributed by atoms with Crippen LogP contribution in [-0.4, -0.2) is 49.7 Å². The second kappa shape index (κ2) is 32.3. The second-order valence-electron chi connectivity index (χ2n) is 13.0. The summed E-state index contributed by atoms with van der Waals surface area (Å²) < 4.78 is 11.1. The van der Waals surface area contributed by atoms with Gasteiger partial charge in [0.15, 0.2) is 0 Å². The lowest BCUT2D eigenvalue weighted by Crippen LogP contribution is -2.27. The maximum atomic E-state index is 12.2. The van der Waals surface area contributed by atoms with Crippen molar-refractivity contribution in [2.75, 3.05) is 32.8 Å². The molecule has 0 aliphatic carbocycles. The van der Waals surface area contributed by atoms with Gasteiger partial charge in [-0.2, -0.15) is 0 Å². The van der Waals surface area contributed by atoms with Crippen molar-refractivity contribution in [1.29, 1.82) is 0 Å². The summed E-state index contributed by atoms with van der Waals surface area (Å²) >= 11 is 0. The molecule has 5 heteroatoms. The molecule has 0 heterocycles. The Bertz CT molecular complexity index is 563. The van der Waals surface area contributed by atoms with Gasteiger partial charge in [-0.25, -0.2) is 0 Å². The highest BCUT2D eigenvalue weighted by molar-refractivity contribution is 5.72. The number of rotatable bonds is 33. The Labute approximate surface area is 269 Å². The predicted octanol–water partition coefficient (Wildman–Crippen LogP) is 11.1. The van der Waals surface area contributed by atoms with E-state index in [0.717, 1.165) is 64.2 Å². The summed E-state index contributed by atoms with van der Waals surface area (Å²) in [7, 11) is 0. The van der Waals surface area contributed by atoms with Gasteiger partial charge in [0.25, 0.3) is 0 Å². The molecule has 0 aromatic carbocycles. The Hall–Kier alpha value is -1.10. The molecule has 2 unspecified atom stereocenters. The number of esters is 2. The van der Waals surface area contributed by atoms with Gasteiger partial charge < -0.3 is 14.4 Å². The Kier molecular flexibility index (Phi) is 31.5. The third kappa shape index (κ3) is 25.9. The maximum absolute atomic E-state index is 12.2. The molecule has 0 amide bonds. The van der Waals surface area contributed by atoms with E-state index in [0.29, 0.717) is 13.2 Å². The van der Waals surface area contributed by atoms with Crippen LogP contribution in [0.4, 0.5) is 0 Å². The lowest BCUT2D eigenvalue weighted by atomic mass is 10.00. The zero-order valence-electron chi connectivity index (χ0n) is 29.7. The molecular weight excluding hydrogens is 534 g/mol. The first-order chi connectivity index (χ1) is 21.0. The average Bonchev–Trinajstić information content (AvgIpc) is 3.01. The molecule has 0 radical (unpaired) electrons. The normalized spacial score (nSPS) is 12.9. The van der Waals surface area contributed by atoms with Gasteiger partial charge in [0.2, 0.25) is 0 Å². The molecule has 43 heavy (non-hydrogen) atoms. The van der Waals surface area contributed by atoms with E-state index >= 15 is 0 Å². The minimum atomic E-state index is 0.0259. The zero-order valence-corrected chi connectivity index (χ0v) is 29.7. The fourth-order valence-electron chi connectivity index (χ4n) is 5.82. The highest BCUT2D eigenvalue weighted by Gasteiger charge is 2.17. The molecule has 0 spiro atoms. The molecule has 5 nitrogen and oxygen atoms in total. The summed E-state index contributed by atoms with van der Waals surface area (Å²) in [5.74, 6) is 0.257. The molecule has 0 rings (SSSR count). The third-order valence-electron chi connectivity index (χ3n) is 9.02. The van der Waals surface area contributed by atoms with E-state index in [2.05, 4.69) is 39.5 Å². The van der Waals surface area contributed by atoms with Crippen molar-refractivity contribution >= 4 is 11.9 Å². The van der Waals surface area contributed by atoms with Gasteiger partial charge >= 0.3 is 11.9 Å². The number of unbranched alkanes of at least 4 members (excludes halogenated alkanes) is 15. The molecule has 0 N–H and O–H groups in total. The lowest BCUT2D eigenvalue weighted by Gasteiger charge is -2.22. The van der Waals surface area contributed by atoms with Gasteiger partial charge in [0, 0.05) is 0 Å². The van der Waals surface area contributed by atoms with E-state index in [4.69, 9.17) is 9.47 Å². The van der Waals surface area contributed by atoms with Crippen molar-refractivity contribution in [3.05, 3.63) is 0 Å². The number of carbonyl (C=O) groups excluding carboxylic acids is 2. The first-order valence-corrected chi connectivity index (χ1v) is 19.1. The van der Waals surface area contributed by atoms with Crippen LogP contribution >= 0.6 is 0 Å². The van der Waals surface area contributed by atoms with Crippen LogP contribution in [0.1, 0.15) is 189 Å². The van der Waals surface area contributed by atoms with E-state index in [1.54, 1.807) is 0 Å². The minimum Gasteiger partial charge on any atom is -0.465 e. The van der Waals surface area contributed by atoms with Crippen LogP contribution in [-0.2, 0) is 19.1 Å². The summed E-state index contributed by atoms with van der Waals surface area (Å²) in [6, 6.07) is 0. The van der Waals surface area contributed by atoms with E-state index in [9.17, 15) is 9.59 Å². The van der Waals surface area contributed by atoms with Crippen LogP contribution in [0, 0.1) is 11.8 Å². The van der Waals surface area contributed by atoms with Crippen LogP contribution in [0.2, 0.25) is 0 Å². The molecule has 256 valence electrons. The van der Waals surface area contributed by atoms with Gasteiger partial charge in [-0.15, -0.1) is 0 Å². The molecule has 0 aromatic rings. The van der Waals surface area contributed by atoms with E-state index in [-0.39, 0.29) is 23.8 Å². The molecule has 0 aromatic heterocycles. The average molecular weight is 610 g/mol. The number of ether oxygens (including phenoxy) is 2. The van der Waals surface area contributed by atoms with E-state index in [1.807, 2.05) is 0 Å². The Morgan fingerprint density at radius 3 is 1.12 bits per heavy atom. The van der Waals surface area contributed by atoms with Gasteiger partial charge in [0.1, 0.15) is 0 Å². The summed E-state index contributed by atoms with van der Waals surface area (Å²) in [5, 5.41) is 0. The highest BCUT2D eigenvalue weighted by atomic mass is 16.5. The molecule has 0 saturated carbocycles. The molecule has 0 fully saturated rings. The van der Waals surface area contributed by atoms with Gasteiger partial charge in [-0.3, -0.25) is 9.59 Å². The fraction of sp³-hybridized carbons (Fsp3) is 0.947. The second-order valence-corrected chi connectivity index (χ2v) is 13.0. The minimum absolute atomic E-state index is 0.0259. The van der Waals surface area contributed by atoms with E-state index < -0.39 is 0 Å². The van der Waals surface area contributed by atoms with Crippen LogP contribution in [0.25, 0.3) is 0 Å². The summed E-state index contributed by atoms with van der Waals surface area (Å²) in [5.41, 5.74) is 0. The molecular formula is C38H75NO4. The van der Waals surface area contributed by atoms with Gasteiger partial charge in [-0.05, 0) is 77.4 Å². The first-order valence-electron chi connectivity index (χ1n) is 19.1. The molecule has 0 saturated heterocycles. The monoisotopic (exact) mass is 610 g/mol. The number of carbonyl (C=O) groups is 2. The highest BCUT2D eigenvalue weighted by Crippen LogP contribution is 2.17. The zero-order chi connectivity index (χ0) is 31.8. The molecule has 2 atom stereocenters. The lowest BCUT2D eigenvalue weighted by molar-refractivity contribution is -0.150. The Morgan fingerprint density at radius 2 is 0.767 bits per heavy atom. The number of hydrogen-bond acceptors (Lipinski definition) is 5. The molecule has 0 bridgehead atoms. The molecule has 0 aliphatic heterocycles. The maximum Gasteiger partial charge on any atom is 0.308 e. The van der Waals surface area contributed by atoms with Crippen molar-refractivity contribution in [2.24, 2.45) is 11.8 Å². The SMILES string of the molecule is CCCCC(CC)C(=O)OCCCCCCCCCN(CCCC)CCCCCCCCCOC(=O)C(CC)CCCC. The predicted molar refractivity (Wildman–Crippen MR) is 185 cm³/mol. The van der Waals surface area contributed by atoms with Crippen molar-refractivity contribution < 1.29 is 19.1 Å². The van der Waals surface area contributed by atoms with Crippen LogP contribution in [0.15, 0.2) is 0 Å². The van der Waals surface area contributed by atoms with Crippen molar-refractivity contribution in [3.63, 3.8) is 0 Å². The Balaban J connectivity index is 3.75. The first kappa shape index (κ1) is 41.9. The third-order valence-corrected chi connectivity index (χ3v) is 9.02. The summed E-state index contributed by atoms with van der Waals surface area (Å²) in [6.07, 6.45) is 28.3. The Morgan fingerprint density at radius 1 is 0.442 bits per heavy atom. The summed E-state index contributed by atoms with van der Waals surface area (Å²) in [6.45, 7) is 15.8. The topological polar surface area (TPSA) is 55.8 Å². The van der Waals surface area contributed by atoms with E-state index in [1.165, 1.54) is 110 Å². The van der Waals surface area contributed by atoms with Gasteiger partial charge in [0.05, 0.1) is 25.0 Å². The van der Waals surface area contributed by atoms with Crippen LogP contribution < -0.4 is 0 Å².